The number of carbonyl (C=O) groups excluding carboxylic acids is 1. The van der Waals surface area contributed by atoms with Crippen molar-refractivity contribution in [3.05, 3.63) is 123 Å². The van der Waals surface area contributed by atoms with Crippen molar-refractivity contribution in [3.8, 4) is 46.0 Å². The third-order valence-corrected chi connectivity index (χ3v) is 11.1. The SMILES string of the molecule is CNCCc1cc(OC)c2cc1CCc1ccc(cc1)Oc1cc3c(cc1OC)N(C(=O)c1ccc(C(F)(F)F)cc1)N1CCc4cc(OC)c(OC)c(c4[C@@H]1C3)O2. The molecule has 5 aromatic rings. The summed E-state index contributed by atoms with van der Waals surface area (Å²) in [6.45, 7) is 1.16. The van der Waals surface area contributed by atoms with Gasteiger partial charge in [-0.15, -0.1) is 0 Å². The first-order chi connectivity index (χ1) is 28.0. The topological polar surface area (TPSA) is 91.0 Å². The summed E-state index contributed by atoms with van der Waals surface area (Å²) in [4.78, 5) is 14.8. The standard InChI is InChI=1S/C45H44F3N3O7/c1-49-18-16-29-21-36(53-2)39-22-28(29)9-6-26-7-14-33(15-8-26)57-38-24-31-20-35-41-30(23-40(55-4)42(56-5)43(41)58-39)17-19-50(35)51(34(31)25-37(38)54-3)44(52)27-10-12-32(13-11-27)45(46,47)48/h7-8,10-15,21-25,35,49H,6,9,16-20H2,1-5H3/t35-/m0/s1. The van der Waals surface area contributed by atoms with Crippen molar-refractivity contribution in [2.75, 3.05) is 53.6 Å². The summed E-state index contributed by atoms with van der Waals surface area (Å²) in [7, 11) is 8.19. The van der Waals surface area contributed by atoms with Gasteiger partial charge in [0.2, 0.25) is 5.75 Å². The number of hydrogen-bond donors (Lipinski definition) is 1. The number of likely N-dealkylation sites (N-methyl/N-ethyl adjacent to an activating group) is 1. The van der Waals surface area contributed by atoms with E-state index in [1.807, 2.05) is 60.6 Å². The summed E-state index contributed by atoms with van der Waals surface area (Å²) in [6.07, 6.45) is -1.42. The number of ether oxygens (including phenoxy) is 6. The molecule has 1 amide bonds. The third-order valence-electron chi connectivity index (χ3n) is 11.1. The van der Waals surface area contributed by atoms with E-state index < -0.39 is 23.7 Å². The molecule has 0 saturated heterocycles. The molecule has 4 aliphatic heterocycles. The Hall–Kier alpha value is -5.92. The second-order valence-corrected chi connectivity index (χ2v) is 14.4. The molecule has 0 aliphatic carbocycles. The number of benzene rings is 5. The largest absolute Gasteiger partial charge is 0.493 e. The van der Waals surface area contributed by atoms with Gasteiger partial charge in [-0.05, 0) is 134 Å². The zero-order chi connectivity index (χ0) is 40.7. The van der Waals surface area contributed by atoms with Crippen molar-refractivity contribution in [1.82, 2.24) is 10.3 Å². The van der Waals surface area contributed by atoms with E-state index in [-0.39, 0.29) is 5.56 Å². The van der Waals surface area contributed by atoms with Gasteiger partial charge < -0.3 is 33.7 Å². The van der Waals surface area contributed by atoms with Gasteiger partial charge in [0.1, 0.15) is 5.75 Å². The van der Waals surface area contributed by atoms with Crippen LogP contribution in [-0.2, 0) is 38.3 Å². The fraction of sp³-hybridized carbons (Fsp3) is 0.311. The summed E-state index contributed by atoms with van der Waals surface area (Å²) < 4.78 is 78.1. The number of aryl methyl sites for hydroxylation is 2. The predicted octanol–water partition coefficient (Wildman–Crippen LogP) is 8.90. The molecule has 0 aromatic heterocycles. The van der Waals surface area contributed by atoms with Crippen LogP contribution in [0.15, 0.2) is 78.9 Å². The van der Waals surface area contributed by atoms with Crippen molar-refractivity contribution in [3.63, 3.8) is 0 Å². The molecule has 0 saturated carbocycles. The number of hydrogen-bond acceptors (Lipinski definition) is 9. The summed E-state index contributed by atoms with van der Waals surface area (Å²) in [6, 6.07) is 21.3. The number of nitrogens with zero attached hydrogens (tertiary/aromatic N) is 2. The molecule has 7 bridgehead atoms. The van der Waals surface area contributed by atoms with Crippen LogP contribution in [0.1, 0.15) is 55.3 Å². The monoisotopic (exact) mass is 795 g/mol. The first-order valence-corrected chi connectivity index (χ1v) is 19.1. The van der Waals surface area contributed by atoms with Gasteiger partial charge in [-0.25, -0.2) is 10.0 Å². The Kier molecular flexibility index (Phi) is 10.6. The van der Waals surface area contributed by atoms with Crippen LogP contribution in [0.3, 0.4) is 0 Å². The Labute approximate surface area is 334 Å². The molecule has 5 aromatic carbocycles. The van der Waals surface area contributed by atoms with Crippen LogP contribution < -0.4 is 38.7 Å². The number of methoxy groups -OCH3 is 4. The molecule has 1 N–H and O–H groups in total. The molecule has 10 nitrogen and oxygen atoms in total. The maximum Gasteiger partial charge on any atom is 0.416 e. The molecule has 58 heavy (non-hydrogen) atoms. The minimum atomic E-state index is -4.56. The Bertz CT molecular complexity index is 2350. The normalized spacial score (nSPS) is 15.9. The Balaban J connectivity index is 1.36. The van der Waals surface area contributed by atoms with E-state index in [9.17, 15) is 18.0 Å². The van der Waals surface area contributed by atoms with Crippen molar-refractivity contribution in [2.45, 2.75) is 44.3 Å². The number of anilines is 1. The van der Waals surface area contributed by atoms with Crippen molar-refractivity contribution in [2.24, 2.45) is 0 Å². The van der Waals surface area contributed by atoms with E-state index in [1.165, 1.54) is 19.2 Å². The van der Waals surface area contributed by atoms with Gasteiger partial charge in [0.05, 0.1) is 45.7 Å². The molecule has 9 rings (SSSR count). The van der Waals surface area contributed by atoms with Crippen LogP contribution in [0.2, 0.25) is 0 Å². The minimum absolute atomic E-state index is 0.0821. The number of alkyl halides is 3. The van der Waals surface area contributed by atoms with Crippen LogP contribution in [0.5, 0.6) is 46.0 Å². The molecule has 0 fully saturated rings. The molecular weight excluding hydrogens is 752 g/mol. The molecular formula is C45H44F3N3O7. The lowest BCUT2D eigenvalue weighted by Crippen LogP contribution is -2.54. The fourth-order valence-electron chi connectivity index (χ4n) is 8.22. The lowest BCUT2D eigenvalue weighted by atomic mass is 9.85. The van der Waals surface area contributed by atoms with Gasteiger partial charge >= 0.3 is 6.18 Å². The lowest BCUT2D eigenvalue weighted by Gasteiger charge is -2.48. The first-order valence-electron chi connectivity index (χ1n) is 19.1. The van der Waals surface area contributed by atoms with Crippen molar-refractivity contribution < 1.29 is 46.4 Å². The first kappa shape index (κ1) is 38.9. The smallest absolute Gasteiger partial charge is 0.416 e. The number of amides is 1. The highest BCUT2D eigenvalue weighted by molar-refractivity contribution is 6.06. The highest BCUT2D eigenvalue weighted by Crippen LogP contribution is 2.54. The number of carbonyl (C=O) groups is 1. The van der Waals surface area contributed by atoms with E-state index in [1.54, 1.807) is 32.4 Å². The second-order valence-electron chi connectivity index (χ2n) is 14.4. The zero-order valence-electron chi connectivity index (χ0n) is 32.9. The molecule has 1 atom stereocenters. The molecule has 302 valence electrons. The molecule has 4 aliphatic rings. The Morgan fingerprint density at radius 1 is 0.776 bits per heavy atom. The molecule has 13 heteroatoms. The van der Waals surface area contributed by atoms with Crippen LogP contribution in [0.4, 0.5) is 18.9 Å². The number of rotatable bonds is 8. The number of fused-ring (bicyclic) bond motifs is 3. The Morgan fingerprint density at radius 3 is 2.14 bits per heavy atom. The van der Waals surface area contributed by atoms with Gasteiger partial charge in [0.15, 0.2) is 34.5 Å². The molecule has 0 radical (unpaired) electrons. The summed E-state index contributed by atoms with van der Waals surface area (Å²) in [5.41, 5.74) is 5.55. The highest BCUT2D eigenvalue weighted by Gasteiger charge is 2.44. The van der Waals surface area contributed by atoms with E-state index in [0.29, 0.717) is 71.1 Å². The van der Waals surface area contributed by atoms with Crippen molar-refractivity contribution >= 4 is 11.6 Å². The predicted molar refractivity (Wildman–Crippen MR) is 212 cm³/mol. The zero-order valence-corrected chi connectivity index (χ0v) is 32.9. The van der Waals surface area contributed by atoms with Gasteiger partial charge in [-0.1, -0.05) is 12.1 Å². The maximum absolute atomic E-state index is 14.8. The van der Waals surface area contributed by atoms with Gasteiger partial charge in [-0.2, -0.15) is 13.2 Å². The Morgan fingerprint density at radius 2 is 1.47 bits per heavy atom. The van der Waals surface area contributed by atoms with E-state index in [0.717, 1.165) is 71.3 Å². The number of nitrogens with one attached hydrogen (secondary N) is 1. The van der Waals surface area contributed by atoms with Crippen LogP contribution in [0, 0.1) is 0 Å². The molecule has 0 spiro atoms. The maximum atomic E-state index is 14.8. The van der Waals surface area contributed by atoms with Crippen molar-refractivity contribution in [1.29, 1.82) is 0 Å². The average Bonchev–Trinajstić information content (AvgIpc) is 3.23. The summed E-state index contributed by atoms with van der Waals surface area (Å²) >= 11 is 0. The molecule has 0 unspecified atom stereocenters. The van der Waals surface area contributed by atoms with Gasteiger partial charge in [0, 0.05) is 23.7 Å². The number of halogens is 3. The van der Waals surface area contributed by atoms with E-state index in [4.69, 9.17) is 28.4 Å². The van der Waals surface area contributed by atoms with Gasteiger partial charge in [-0.3, -0.25) is 4.79 Å². The summed E-state index contributed by atoms with van der Waals surface area (Å²) in [5.74, 6) is 3.21. The number of hydrazine groups is 1. The van der Waals surface area contributed by atoms with E-state index >= 15 is 0 Å². The third kappa shape index (κ3) is 7.13. The van der Waals surface area contributed by atoms with E-state index in [2.05, 4.69) is 5.32 Å². The van der Waals surface area contributed by atoms with Crippen LogP contribution in [-0.4, -0.2) is 59.5 Å². The lowest BCUT2D eigenvalue weighted by molar-refractivity contribution is -0.137. The minimum Gasteiger partial charge on any atom is -0.493 e. The van der Waals surface area contributed by atoms with Crippen LogP contribution in [0.25, 0.3) is 0 Å². The van der Waals surface area contributed by atoms with Crippen LogP contribution >= 0.6 is 0 Å². The fourth-order valence-corrected chi connectivity index (χ4v) is 8.22. The highest BCUT2D eigenvalue weighted by atomic mass is 19.4. The molecule has 4 heterocycles. The summed E-state index contributed by atoms with van der Waals surface area (Å²) in [5, 5.41) is 6.75. The quantitative estimate of drug-likeness (QED) is 0.165. The average molecular weight is 796 g/mol. The van der Waals surface area contributed by atoms with Gasteiger partial charge in [0.25, 0.3) is 5.91 Å². The second kappa shape index (κ2) is 15.8.